The molecule has 0 spiro atoms. The average molecular weight is 211 g/mol. The fourth-order valence-electron chi connectivity index (χ4n) is 1.57. The molecule has 0 heterocycles. The monoisotopic (exact) mass is 210 g/mol. The predicted molar refractivity (Wildman–Crippen MR) is 54.8 cm³/mol. The van der Waals surface area contributed by atoms with Crippen molar-refractivity contribution in [2.75, 3.05) is 7.11 Å². The molecule has 74 valence electrons. The van der Waals surface area contributed by atoms with Crippen molar-refractivity contribution in [3.8, 4) is 0 Å². The van der Waals surface area contributed by atoms with Gasteiger partial charge in [0.15, 0.2) is 0 Å². The van der Waals surface area contributed by atoms with Gasteiger partial charge in [-0.25, -0.2) is 4.79 Å². The Balaban J connectivity index is 2.42. The smallest absolute Gasteiger partial charge is 0.338 e. The van der Waals surface area contributed by atoms with Gasteiger partial charge in [0, 0.05) is 5.02 Å². The lowest BCUT2D eigenvalue weighted by Gasteiger charge is -2.06. The Hall–Kier alpha value is -1.02. The van der Waals surface area contributed by atoms with E-state index in [9.17, 15) is 4.79 Å². The molecular weight excluding hydrogens is 200 g/mol. The van der Waals surface area contributed by atoms with Crippen LogP contribution in [0.5, 0.6) is 0 Å². The van der Waals surface area contributed by atoms with Gasteiger partial charge in [-0.15, -0.1) is 0 Å². The number of rotatable bonds is 2. The Morgan fingerprint density at radius 2 is 2.21 bits per heavy atom. The van der Waals surface area contributed by atoms with E-state index in [1.807, 2.05) is 12.1 Å². The molecule has 0 bridgehead atoms. The van der Waals surface area contributed by atoms with Crippen molar-refractivity contribution >= 4 is 17.6 Å². The Morgan fingerprint density at radius 3 is 2.79 bits per heavy atom. The van der Waals surface area contributed by atoms with Gasteiger partial charge < -0.3 is 4.74 Å². The number of methoxy groups -OCH3 is 1. The molecule has 0 saturated heterocycles. The molecule has 2 rings (SSSR count). The molecular formula is C11H11ClO2. The van der Waals surface area contributed by atoms with E-state index in [0.717, 1.165) is 18.4 Å². The standard InChI is InChI=1S/C11H11ClO2/c1-14-11(13)10-6-8(12)4-5-9(10)7-2-3-7/h4-7H,2-3H2,1H3. The molecule has 0 aromatic heterocycles. The maximum Gasteiger partial charge on any atom is 0.338 e. The molecule has 3 heteroatoms. The van der Waals surface area contributed by atoms with Crippen molar-refractivity contribution < 1.29 is 9.53 Å². The maximum atomic E-state index is 11.4. The molecule has 1 fully saturated rings. The van der Waals surface area contributed by atoms with Crippen LogP contribution in [0.2, 0.25) is 5.02 Å². The highest BCUT2D eigenvalue weighted by Gasteiger charge is 2.28. The van der Waals surface area contributed by atoms with Gasteiger partial charge in [-0.05, 0) is 36.5 Å². The van der Waals surface area contributed by atoms with E-state index < -0.39 is 0 Å². The molecule has 1 aromatic carbocycles. The highest BCUT2D eigenvalue weighted by molar-refractivity contribution is 6.31. The van der Waals surface area contributed by atoms with Crippen molar-refractivity contribution in [1.82, 2.24) is 0 Å². The molecule has 1 aliphatic rings. The second-order valence-corrected chi connectivity index (χ2v) is 3.93. The van der Waals surface area contributed by atoms with Crippen LogP contribution < -0.4 is 0 Å². The Morgan fingerprint density at radius 1 is 1.50 bits per heavy atom. The molecule has 0 N–H and O–H groups in total. The van der Waals surface area contributed by atoms with E-state index >= 15 is 0 Å². The van der Waals surface area contributed by atoms with E-state index in [1.54, 1.807) is 6.07 Å². The van der Waals surface area contributed by atoms with Crippen molar-refractivity contribution in [3.63, 3.8) is 0 Å². The summed E-state index contributed by atoms with van der Waals surface area (Å²) in [6.45, 7) is 0. The molecule has 2 nitrogen and oxygen atoms in total. The number of ether oxygens (including phenoxy) is 1. The second kappa shape index (κ2) is 3.62. The Kier molecular flexibility index (Phi) is 2.46. The summed E-state index contributed by atoms with van der Waals surface area (Å²) in [4.78, 5) is 11.4. The zero-order chi connectivity index (χ0) is 10.1. The lowest BCUT2D eigenvalue weighted by molar-refractivity contribution is 0.0599. The molecule has 0 amide bonds. The van der Waals surface area contributed by atoms with Gasteiger partial charge in [0.25, 0.3) is 0 Å². The van der Waals surface area contributed by atoms with E-state index in [-0.39, 0.29) is 5.97 Å². The molecule has 0 aliphatic heterocycles. The number of hydrogen-bond donors (Lipinski definition) is 0. The van der Waals surface area contributed by atoms with Gasteiger partial charge in [0.2, 0.25) is 0 Å². The average Bonchev–Trinajstić information content (AvgIpc) is 3.00. The topological polar surface area (TPSA) is 26.3 Å². The fourth-order valence-corrected chi connectivity index (χ4v) is 1.74. The molecule has 14 heavy (non-hydrogen) atoms. The quantitative estimate of drug-likeness (QED) is 0.702. The molecule has 0 radical (unpaired) electrons. The summed E-state index contributed by atoms with van der Waals surface area (Å²) in [6.07, 6.45) is 2.32. The number of carbonyl (C=O) groups excluding carboxylic acids is 1. The van der Waals surface area contributed by atoms with Crippen LogP contribution >= 0.6 is 11.6 Å². The van der Waals surface area contributed by atoms with Gasteiger partial charge in [-0.3, -0.25) is 0 Å². The summed E-state index contributed by atoms with van der Waals surface area (Å²) in [5.41, 5.74) is 1.68. The first kappa shape index (κ1) is 9.53. The number of halogens is 1. The van der Waals surface area contributed by atoms with E-state index in [1.165, 1.54) is 7.11 Å². The van der Waals surface area contributed by atoms with Crippen LogP contribution in [0.4, 0.5) is 0 Å². The first-order chi connectivity index (χ1) is 6.72. The first-order valence-corrected chi connectivity index (χ1v) is 4.98. The van der Waals surface area contributed by atoms with Crippen LogP contribution in [0.1, 0.15) is 34.7 Å². The normalized spacial score (nSPS) is 15.3. The Labute approximate surface area is 87.8 Å². The van der Waals surface area contributed by atoms with Gasteiger partial charge in [0.05, 0.1) is 12.7 Å². The largest absolute Gasteiger partial charge is 0.465 e. The summed E-state index contributed by atoms with van der Waals surface area (Å²) in [7, 11) is 1.39. The zero-order valence-electron chi connectivity index (χ0n) is 7.92. The summed E-state index contributed by atoms with van der Waals surface area (Å²) >= 11 is 5.84. The molecule has 0 atom stereocenters. The van der Waals surface area contributed by atoms with E-state index in [0.29, 0.717) is 16.5 Å². The van der Waals surface area contributed by atoms with Crippen molar-refractivity contribution in [3.05, 3.63) is 34.3 Å². The van der Waals surface area contributed by atoms with Crippen LogP contribution in [0, 0.1) is 0 Å². The number of carbonyl (C=O) groups is 1. The highest BCUT2D eigenvalue weighted by atomic mass is 35.5. The molecule has 1 aliphatic carbocycles. The van der Waals surface area contributed by atoms with Crippen molar-refractivity contribution in [2.45, 2.75) is 18.8 Å². The molecule has 1 aromatic rings. The third-order valence-corrected chi connectivity index (χ3v) is 2.67. The summed E-state index contributed by atoms with van der Waals surface area (Å²) in [6, 6.07) is 5.43. The minimum absolute atomic E-state index is 0.297. The zero-order valence-corrected chi connectivity index (χ0v) is 8.67. The van der Waals surface area contributed by atoms with E-state index in [4.69, 9.17) is 16.3 Å². The predicted octanol–water partition coefficient (Wildman–Crippen LogP) is 3.00. The Bertz CT molecular complexity index is 370. The SMILES string of the molecule is COC(=O)c1cc(Cl)ccc1C1CC1. The fraction of sp³-hybridized carbons (Fsp3) is 0.364. The lowest BCUT2D eigenvalue weighted by atomic mass is 10.0. The molecule has 0 unspecified atom stereocenters. The minimum atomic E-state index is -0.297. The van der Waals surface area contributed by atoms with Crippen molar-refractivity contribution in [1.29, 1.82) is 0 Å². The van der Waals surface area contributed by atoms with Gasteiger partial charge in [0.1, 0.15) is 0 Å². The number of hydrogen-bond acceptors (Lipinski definition) is 2. The van der Waals surface area contributed by atoms with Crippen LogP contribution in [0.25, 0.3) is 0 Å². The number of esters is 1. The first-order valence-electron chi connectivity index (χ1n) is 4.60. The summed E-state index contributed by atoms with van der Waals surface area (Å²) in [5, 5.41) is 0.579. The third-order valence-electron chi connectivity index (χ3n) is 2.44. The molecule has 1 saturated carbocycles. The minimum Gasteiger partial charge on any atom is -0.465 e. The third kappa shape index (κ3) is 1.75. The van der Waals surface area contributed by atoms with Crippen LogP contribution in [-0.2, 0) is 4.74 Å². The van der Waals surface area contributed by atoms with Crippen LogP contribution in [0.15, 0.2) is 18.2 Å². The van der Waals surface area contributed by atoms with Crippen molar-refractivity contribution in [2.24, 2.45) is 0 Å². The summed E-state index contributed by atoms with van der Waals surface area (Å²) in [5.74, 6) is 0.232. The van der Waals surface area contributed by atoms with Crippen LogP contribution in [-0.4, -0.2) is 13.1 Å². The summed E-state index contributed by atoms with van der Waals surface area (Å²) < 4.78 is 4.71. The number of benzene rings is 1. The second-order valence-electron chi connectivity index (χ2n) is 3.50. The lowest BCUT2D eigenvalue weighted by Crippen LogP contribution is -2.04. The van der Waals surface area contributed by atoms with Gasteiger partial charge >= 0.3 is 5.97 Å². The van der Waals surface area contributed by atoms with Gasteiger partial charge in [-0.1, -0.05) is 17.7 Å². The highest BCUT2D eigenvalue weighted by Crippen LogP contribution is 2.42. The van der Waals surface area contributed by atoms with Gasteiger partial charge in [-0.2, -0.15) is 0 Å². The van der Waals surface area contributed by atoms with Crippen LogP contribution in [0.3, 0.4) is 0 Å². The maximum absolute atomic E-state index is 11.4. The van der Waals surface area contributed by atoms with E-state index in [2.05, 4.69) is 0 Å².